The maximum atomic E-state index is 6.15. The topological polar surface area (TPSA) is 76.7 Å². The zero-order valence-electron chi connectivity index (χ0n) is 9.84. The molecule has 0 unspecified atom stereocenters. The van der Waals surface area contributed by atoms with Crippen LogP contribution in [0.1, 0.15) is 0 Å². The number of fused-ring (bicyclic) bond motifs is 1. The lowest BCUT2D eigenvalue weighted by Gasteiger charge is -2.08. The van der Waals surface area contributed by atoms with Crippen LogP contribution in [0.15, 0.2) is 42.6 Å². The van der Waals surface area contributed by atoms with Gasteiger partial charge in [-0.2, -0.15) is 0 Å². The maximum Gasteiger partial charge on any atom is 0.154 e. The highest BCUT2D eigenvalue weighted by molar-refractivity contribution is 6.35. The summed E-state index contributed by atoms with van der Waals surface area (Å²) in [6.07, 6.45) is 1.70. The molecule has 6 heteroatoms. The van der Waals surface area contributed by atoms with Gasteiger partial charge >= 0.3 is 0 Å². The number of nitrogens with one attached hydrogen (secondary N) is 1. The maximum absolute atomic E-state index is 6.15. The number of benzene rings is 1. The van der Waals surface area contributed by atoms with Crippen LogP contribution in [0.3, 0.4) is 0 Å². The van der Waals surface area contributed by atoms with E-state index in [2.05, 4.69) is 20.5 Å². The van der Waals surface area contributed by atoms with Gasteiger partial charge in [-0.25, -0.2) is 4.98 Å². The molecule has 0 bridgehead atoms. The number of halogens is 1. The molecule has 2 aromatic heterocycles. The standard InChI is InChI=1S/C13H10ClN5/c14-10-3-1-2-9-8(10)6-7-16-13(9)17-12-5-4-11(15)18-19-12/h1-7H,(H2,15,18)(H,16,17,19). The summed E-state index contributed by atoms with van der Waals surface area (Å²) < 4.78 is 0. The van der Waals surface area contributed by atoms with E-state index in [0.717, 1.165) is 10.8 Å². The van der Waals surface area contributed by atoms with Crippen LogP contribution in [0.4, 0.5) is 17.5 Å². The zero-order chi connectivity index (χ0) is 13.2. The molecule has 3 N–H and O–H groups in total. The molecule has 0 spiro atoms. The van der Waals surface area contributed by atoms with Crippen LogP contribution >= 0.6 is 11.6 Å². The second kappa shape index (κ2) is 4.70. The average molecular weight is 272 g/mol. The van der Waals surface area contributed by atoms with Gasteiger partial charge in [0, 0.05) is 22.0 Å². The number of hydrogen-bond acceptors (Lipinski definition) is 5. The molecule has 0 atom stereocenters. The number of aromatic nitrogens is 3. The van der Waals surface area contributed by atoms with Crippen LogP contribution in [0, 0.1) is 0 Å². The van der Waals surface area contributed by atoms with Crippen LogP contribution < -0.4 is 11.1 Å². The van der Waals surface area contributed by atoms with Gasteiger partial charge in [-0.3, -0.25) is 0 Å². The monoisotopic (exact) mass is 271 g/mol. The van der Waals surface area contributed by atoms with Gasteiger partial charge < -0.3 is 11.1 Å². The van der Waals surface area contributed by atoms with Crippen LogP contribution in [0.2, 0.25) is 5.02 Å². The SMILES string of the molecule is Nc1ccc(Nc2nccc3c(Cl)cccc23)nn1. The lowest BCUT2D eigenvalue weighted by atomic mass is 10.1. The third-order valence-electron chi connectivity index (χ3n) is 2.68. The van der Waals surface area contributed by atoms with E-state index >= 15 is 0 Å². The number of hydrogen-bond donors (Lipinski definition) is 2. The first-order valence-corrected chi connectivity index (χ1v) is 6.01. The van der Waals surface area contributed by atoms with E-state index in [4.69, 9.17) is 17.3 Å². The molecular formula is C13H10ClN5. The van der Waals surface area contributed by atoms with Crippen molar-refractivity contribution in [1.82, 2.24) is 15.2 Å². The second-order valence-corrected chi connectivity index (χ2v) is 4.37. The summed E-state index contributed by atoms with van der Waals surface area (Å²) in [5.41, 5.74) is 5.50. The van der Waals surface area contributed by atoms with Gasteiger partial charge in [0.2, 0.25) is 0 Å². The number of nitrogens with two attached hydrogens (primary N) is 1. The van der Waals surface area contributed by atoms with E-state index < -0.39 is 0 Å². The minimum Gasteiger partial charge on any atom is -0.382 e. The summed E-state index contributed by atoms with van der Waals surface area (Å²) in [4.78, 5) is 4.30. The molecule has 1 aromatic carbocycles. The van der Waals surface area contributed by atoms with Gasteiger partial charge in [-0.1, -0.05) is 23.7 Å². The largest absolute Gasteiger partial charge is 0.382 e. The van der Waals surface area contributed by atoms with Gasteiger partial charge in [0.05, 0.1) is 0 Å². The molecule has 0 aliphatic rings. The predicted molar refractivity (Wildman–Crippen MR) is 76.5 cm³/mol. The molecule has 5 nitrogen and oxygen atoms in total. The van der Waals surface area contributed by atoms with E-state index in [1.807, 2.05) is 24.3 Å². The Morgan fingerprint density at radius 3 is 2.68 bits per heavy atom. The molecule has 0 saturated heterocycles. The average Bonchev–Trinajstić information content (AvgIpc) is 2.43. The van der Waals surface area contributed by atoms with E-state index in [1.165, 1.54) is 0 Å². The number of nitrogens with zero attached hydrogens (tertiary/aromatic N) is 3. The number of anilines is 3. The Kier molecular flexibility index (Phi) is 2.89. The van der Waals surface area contributed by atoms with E-state index in [-0.39, 0.29) is 0 Å². The Morgan fingerprint density at radius 2 is 1.89 bits per heavy atom. The molecule has 0 radical (unpaired) electrons. The summed E-state index contributed by atoms with van der Waals surface area (Å²) in [6.45, 7) is 0. The lowest BCUT2D eigenvalue weighted by molar-refractivity contribution is 1.04. The van der Waals surface area contributed by atoms with E-state index in [1.54, 1.807) is 18.3 Å². The molecule has 3 aromatic rings. The highest BCUT2D eigenvalue weighted by Gasteiger charge is 2.05. The van der Waals surface area contributed by atoms with Crippen LogP contribution in [0.25, 0.3) is 10.8 Å². The van der Waals surface area contributed by atoms with Crippen molar-refractivity contribution in [2.45, 2.75) is 0 Å². The molecule has 0 amide bonds. The third kappa shape index (κ3) is 2.28. The fraction of sp³-hybridized carbons (Fsp3) is 0. The quantitative estimate of drug-likeness (QED) is 0.749. The third-order valence-corrected chi connectivity index (χ3v) is 3.01. The van der Waals surface area contributed by atoms with Gasteiger partial charge in [0.25, 0.3) is 0 Å². The van der Waals surface area contributed by atoms with Crippen molar-refractivity contribution < 1.29 is 0 Å². The van der Waals surface area contributed by atoms with Gasteiger partial charge in [-0.15, -0.1) is 10.2 Å². The molecule has 2 heterocycles. The summed E-state index contributed by atoms with van der Waals surface area (Å²) >= 11 is 6.15. The molecule has 0 aliphatic carbocycles. The number of pyridine rings is 1. The Balaban J connectivity index is 2.06. The Bertz CT molecular complexity index is 727. The van der Waals surface area contributed by atoms with Crippen molar-refractivity contribution >= 4 is 39.8 Å². The number of nitrogen functional groups attached to an aromatic ring is 1. The molecule has 0 saturated carbocycles. The van der Waals surface area contributed by atoms with Crippen LogP contribution in [0.5, 0.6) is 0 Å². The van der Waals surface area contributed by atoms with Crippen LogP contribution in [-0.2, 0) is 0 Å². The van der Waals surface area contributed by atoms with Crippen molar-refractivity contribution in [3.05, 3.63) is 47.6 Å². The molecule has 19 heavy (non-hydrogen) atoms. The Morgan fingerprint density at radius 1 is 1.00 bits per heavy atom. The lowest BCUT2D eigenvalue weighted by Crippen LogP contribution is -2.00. The van der Waals surface area contributed by atoms with Crippen molar-refractivity contribution in [1.29, 1.82) is 0 Å². The van der Waals surface area contributed by atoms with Crippen molar-refractivity contribution in [2.75, 3.05) is 11.1 Å². The second-order valence-electron chi connectivity index (χ2n) is 3.96. The van der Waals surface area contributed by atoms with Gasteiger partial charge in [-0.05, 0) is 24.3 Å². The van der Waals surface area contributed by atoms with E-state index in [0.29, 0.717) is 22.5 Å². The van der Waals surface area contributed by atoms with Crippen LogP contribution in [-0.4, -0.2) is 15.2 Å². The molecular weight excluding hydrogens is 262 g/mol. The van der Waals surface area contributed by atoms with E-state index in [9.17, 15) is 0 Å². The Hall–Kier alpha value is -2.40. The highest BCUT2D eigenvalue weighted by Crippen LogP contribution is 2.28. The summed E-state index contributed by atoms with van der Waals surface area (Å²) in [7, 11) is 0. The van der Waals surface area contributed by atoms with Gasteiger partial charge in [0.1, 0.15) is 11.6 Å². The van der Waals surface area contributed by atoms with Crippen molar-refractivity contribution in [3.8, 4) is 0 Å². The molecule has 0 fully saturated rings. The molecule has 3 rings (SSSR count). The minimum atomic E-state index is 0.375. The first-order chi connectivity index (χ1) is 9.24. The first kappa shape index (κ1) is 11.7. The predicted octanol–water partition coefficient (Wildman–Crippen LogP) is 3.00. The normalized spacial score (nSPS) is 10.6. The summed E-state index contributed by atoms with van der Waals surface area (Å²) in [5.74, 6) is 1.63. The highest BCUT2D eigenvalue weighted by atomic mass is 35.5. The fourth-order valence-corrected chi connectivity index (χ4v) is 2.04. The molecule has 94 valence electrons. The minimum absolute atomic E-state index is 0.375. The zero-order valence-corrected chi connectivity index (χ0v) is 10.6. The smallest absolute Gasteiger partial charge is 0.154 e. The van der Waals surface area contributed by atoms with Gasteiger partial charge in [0.15, 0.2) is 5.82 Å². The fourth-order valence-electron chi connectivity index (χ4n) is 1.80. The first-order valence-electron chi connectivity index (χ1n) is 5.63. The van der Waals surface area contributed by atoms with Crippen molar-refractivity contribution in [2.24, 2.45) is 0 Å². The molecule has 0 aliphatic heterocycles. The summed E-state index contributed by atoms with van der Waals surface area (Å²) in [5, 5.41) is 13.4. The number of rotatable bonds is 2. The summed E-state index contributed by atoms with van der Waals surface area (Å²) in [6, 6.07) is 11.0. The Labute approximate surface area is 114 Å². The van der Waals surface area contributed by atoms with Crippen molar-refractivity contribution in [3.63, 3.8) is 0 Å².